The first-order valence-electron chi connectivity index (χ1n) is 11.9. The molecule has 1 aromatic heterocycles. The molecule has 0 bridgehead atoms. The second kappa shape index (κ2) is 10.9. The summed E-state index contributed by atoms with van der Waals surface area (Å²) in [6, 6.07) is 18.8. The predicted octanol–water partition coefficient (Wildman–Crippen LogP) is 7.37. The van der Waals surface area contributed by atoms with Crippen LogP contribution < -0.4 is 4.90 Å². The molecule has 0 N–H and O–H groups in total. The number of anilines is 1. The first-order valence-corrected chi connectivity index (χ1v) is 11.9. The van der Waals surface area contributed by atoms with Gasteiger partial charge in [0.15, 0.2) is 11.6 Å². The fourth-order valence-corrected chi connectivity index (χ4v) is 3.34. The lowest BCUT2D eigenvalue weighted by molar-refractivity contribution is 0.0428. The molecular weight excluding hydrogens is 473 g/mol. The fourth-order valence-electron chi connectivity index (χ4n) is 3.34. The Morgan fingerprint density at radius 1 is 0.811 bits per heavy atom. The maximum atomic E-state index is 15.7. The van der Waals surface area contributed by atoms with Crippen LogP contribution in [0.1, 0.15) is 58.2 Å². The third-order valence-electron chi connectivity index (χ3n) is 4.89. The van der Waals surface area contributed by atoms with Crippen molar-refractivity contribution < 1.29 is 23.5 Å². The standard InChI is InChI=1S/C29H32FN3O4/c1-19-23(30)22(32-24(20-14-10-8-11-15-20)21-16-12-9-13-17-21)18-31-25(19)33(26(34)36-28(2,3)4)27(35)37-29(5,6)7/h8-18H,1-7H3. The van der Waals surface area contributed by atoms with Crippen LogP contribution >= 0.6 is 0 Å². The lowest BCUT2D eigenvalue weighted by Gasteiger charge is -2.28. The van der Waals surface area contributed by atoms with E-state index in [0.29, 0.717) is 10.6 Å². The van der Waals surface area contributed by atoms with Crippen LogP contribution in [0.5, 0.6) is 0 Å². The van der Waals surface area contributed by atoms with Gasteiger partial charge in [-0.2, -0.15) is 4.90 Å². The normalized spacial score (nSPS) is 11.5. The number of aromatic nitrogens is 1. The number of carbonyl (C=O) groups is 2. The van der Waals surface area contributed by atoms with Gasteiger partial charge in [0.1, 0.15) is 16.9 Å². The topological polar surface area (TPSA) is 81.1 Å². The highest BCUT2D eigenvalue weighted by atomic mass is 19.1. The van der Waals surface area contributed by atoms with Crippen LogP contribution in [0.3, 0.4) is 0 Å². The summed E-state index contributed by atoms with van der Waals surface area (Å²) in [5, 5.41) is 0. The number of nitrogens with zero attached hydrogens (tertiary/aromatic N) is 3. The number of rotatable bonds is 4. The van der Waals surface area contributed by atoms with E-state index < -0.39 is 29.2 Å². The predicted molar refractivity (Wildman–Crippen MR) is 142 cm³/mol. The van der Waals surface area contributed by atoms with Gasteiger partial charge in [-0.1, -0.05) is 60.7 Å². The second-order valence-corrected chi connectivity index (χ2v) is 10.4. The molecule has 0 aliphatic carbocycles. The van der Waals surface area contributed by atoms with Crippen molar-refractivity contribution in [2.75, 3.05) is 4.90 Å². The number of hydrogen-bond acceptors (Lipinski definition) is 6. The van der Waals surface area contributed by atoms with Crippen molar-refractivity contribution in [2.45, 2.75) is 59.7 Å². The zero-order chi connectivity index (χ0) is 27.4. The molecule has 3 aromatic rings. The van der Waals surface area contributed by atoms with E-state index in [1.54, 1.807) is 41.5 Å². The van der Waals surface area contributed by atoms with Crippen LogP contribution in [0, 0.1) is 12.7 Å². The van der Waals surface area contributed by atoms with Crippen molar-refractivity contribution in [3.05, 3.63) is 89.4 Å². The van der Waals surface area contributed by atoms with Gasteiger partial charge in [0.05, 0.1) is 11.9 Å². The third kappa shape index (κ3) is 7.22. The highest BCUT2D eigenvalue weighted by Gasteiger charge is 2.35. The Kier molecular flexibility index (Phi) is 8.11. The van der Waals surface area contributed by atoms with E-state index in [9.17, 15) is 9.59 Å². The molecule has 7 nitrogen and oxygen atoms in total. The van der Waals surface area contributed by atoms with E-state index in [4.69, 9.17) is 9.47 Å². The van der Waals surface area contributed by atoms with Gasteiger partial charge >= 0.3 is 12.2 Å². The highest BCUT2D eigenvalue weighted by Crippen LogP contribution is 2.30. The van der Waals surface area contributed by atoms with Gasteiger partial charge in [0, 0.05) is 16.7 Å². The van der Waals surface area contributed by atoms with E-state index >= 15 is 4.39 Å². The van der Waals surface area contributed by atoms with Crippen LogP contribution in [0.15, 0.2) is 71.9 Å². The molecule has 8 heteroatoms. The minimum Gasteiger partial charge on any atom is -0.443 e. The van der Waals surface area contributed by atoms with Gasteiger partial charge < -0.3 is 9.47 Å². The molecule has 194 valence electrons. The minimum atomic E-state index is -1.03. The van der Waals surface area contributed by atoms with Crippen LogP contribution in [-0.4, -0.2) is 34.1 Å². The molecule has 37 heavy (non-hydrogen) atoms. The van der Waals surface area contributed by atoms with Crippen LogP contribution in [0.2, 0.25) is 0 Å². The molecule has 0 fully saturated rings. The van der Waals surface area contributed by atoms with Crippen molar-refractivity contribution in [3.8, 4) is 0 Å². The molecule has 2 aromatic carbocycles. The quantitative estimate of drug-likeness (QED) is 0.346. The van der Waals surface area contributed by atoms with Gasteiger partial charge in [-0.15, -0.1) is 0 Å². The third-order valence-corrected chi connectivity index (χ3v) is 4.89. The molecule has 0 spiro atoms. The fraction of sp³-hybridized carbons (Fsp3) is 0.310. The van der Waals surface area contributed by atoms with E-state index in [2.05, 4.69) is 9.98 Å². The van der Waals surface area contributed by atoms with Gasteiger partial charge in [-0.05, 0) is 48.5 Å². The van der Waals surface area contributed by atoms with Gasteiger partial charge in [0.25, 0.3) is 0 Å². The monoisotopic (exact) mass is 505 g/mol. The van der Waals surface area contributed by atoms with E-state index in [-0.39, 0.29) is 17.1 Å². The first kappa shape index (κ1) is 27.5. The average molecular weight is 506 g/mol. The minimum absolute atomic E-state index is 0.0442. The Labute approximate surface area is 217 Å². The van der Waals surface area contributed by atoms with Gasteiger partial charge in [-0.3, -0.25) is 0 Å². The number of halogens is 1. The summed E-state index contributed by atoms with van der Waals surface area (Å²) in [5.41, 5.74) is 0.210. The average Bonchev–Trinajstić information content (AvgIpc) is 2.80. The number of pyridine rings is 1. The van der Waals surface area contributed by atoms with Crippen molar-refractivity contribution in [1.82, 2.24) is 4.98 Å². The molecule has 0 saturated heterocycles. The molecule has 0 radical (unpaired) electrons. The Morgan fingerprint density at radius 3 is 1.65 bits per heavy atom. The number of imide groups is 1. The molecular formula is C29H32FN3O4. The number of benzene rings is 2. The number of ether oxygens (including phenoxy) is 2. The second-order valence-electron chi connectivity index (χ2n) is 10.4. The van der Waals surface area contributed by atoms with Crippen LogP contribution in [-0.2, 0) is 9.47 Å². The number of carbonyl (C=O) groups excluding carboxylic acids is 2. The Bertz CT molecular complexity index is 1220. The summed E-state index contributed by atoms with van der Waals surface area (Å²) >= 11 is 0. The summed E-state index contributed by atoms with van der Waals surface area (Å²) in [5.74, 6) is -0.965. The first-order chi connectivity index (χ1) is 17.3. The highest BCUT2D eigenvalue weighted by molar-refractivity contribution is 6.14. The SMILES string of the molecule is Cc1c(N(C(=O)OC(C)(C)C)C(=O)OC(C)(C)C)ncc(N=C(c2ccccc2)c2ccccc2)c1F. The summed E-state index contributed by atoms with van der Waals surface area (Å²) in [4.78, 5) is 35.5. The zero-order valence-electron chi connectivity index (χ0n) is 22.2. The van der Waals surface area contributed by atoms with Gasteiger partial charge in [0.2, 0.25) is 0 Å². The summed E-state index contributed by atoms with van der Waals surface area (Å²) in [7, 11) is 0. The molecule has 0 unspecified atom stereocenters. The Morgan fingerprint density at radius 2 is 1.24 bits per heavy atom. The maximum absolute atomic E-state index is 15.7. The van der Waals surface area contributed by atoms with Crippen LogP contribution in [0.4, 0.5) is 25.5 Å². The Balaban J connectivity index is 2.12. The molecule has 3 rings (SSSR count). The van der Waals surface area contributed by atoms with E-state index in [1.807, 2.05) is 60.7 Å². The number of amides is 2. The molecule has 0 saturated carbocycles. The number of aliphatic imine (C=N–C) groups is 1. The zero-order valence-corrected chi connectivity index (χ0v) is 22.2. The van der Waals surface area contributed by atoms with E-state index in [1.165, 1.54) is 13.1 Å². The van der Waals surface area contributed by atoms with E-state index in [0.717, 1.165) is 11.1 Å². The summed E-state index contributed by atoms with van der Waals surface area (Å²) in [6.45, 7) is 11.4. The van der Waals surface area contributed by atoms with Crippen molar-refractivity contribution in [1.29, 1.82) is 0 Å². The molecule has 0 aliphatic rings. The maximum Gasteiger partial charge on any atom is 0.425 e. The van der Waals surface area contributed by atoms with Crippen LogP contribution in [0.25, 0.3) is 0 Å². The van der Waals surface area contributed by atoms with Crippen molar-refractivity contribution in [2.24, 2.45) is 4.99 Å². The lowest BCUT2D eigenvalue weighted by Crippen LogP contribution is -2.44. The molecule has 0 aliphatic heterocycles. The molecule has 1 heterocycles. The van der Waals surface area contributed by atoms with Crippen molar-refractivity contribution >= 4 is 29.4 Å². The lowest BCUT2D eigenvalue weighted by atomic mass is 10.0. The molecule has 2 amide bonds. The van der Waals surface area contributed by atoms with Gasteiger partial charge in [-0.25, -0.2) is 24.0 Å². The largest absolute Gasteiger partial charge is 0.443 e. The number of hydrogen-bond donors (Lipinski definition) is 0. The summed E-state index contributed by atoms with van der Waals surface area (Å²) in [6.07, 6.45) is -0.866. The van der Waals surface area contributed by atoms with Crippen molar-refractivity contribution in [3.63, 3.8) is 0 Å². The summed E-state index contributed by atoms with van der Waals surface area (Å²) < 4.78 is 26.5. The smallest absolute Gasteiger partial charge is 0.425 e. The Hall–Kier alpha value is -4.07. The molecule has 0 atom stereocenters.